The molecule has 0 aromatic carbocycles. The Kier molecular flexibility index (Phi) is 6.62. The molecule has 0 amide bonds. The van der Waals surface area contributed by atoms with Gasteiger partial charge in [-0.05, 0) is 63.5 Å². The molecule has 5 heteroatoms. The third-order valence-electron chi connectivity index (χ3n) is 6.44. The average molecular weight is 370 g/mol. The topological polar surface area (TPSA) is 44.3 Å². The van der Waals surface area contributed by atoms with Crippen molar-refractivity contribution in [3.05, 3.63) is 24.4 Å². The van der Waals surface area contributed by atoms with Crippen molar-refractivity contribution in [3.63, 3.8) is 0 Å². The Morgan fingerprint density at radius 1 is 1.00 bits per heavy atom. The van der Waals surface area contributed by atoms with Crippen LogP contribution in [-0.2, 0) is 0 Å². The lowest BCUT2D eigenvalue weighted by molar-refractivity contribution is 0.213. The molecule has 5 nitrogen and oxygen atoms in total. The molecule has 0 spiro atoms. The van der Waals surface area contributed by atoms with E-state index in [-0.39, 0.29) is 0 Å². The van der Waals surface area contributed by atoms with Gasteiger partial charge < -0.3 is 10.2 Å². The highest BCUT2D eigenvalue weighted by Crippen LogP contribution is 2.25. The predicted octanol–water partition coefficient (Wildman–Crippen LogP) is 4.09. The van der Waals surface area contributed by atoms with E-state index in [0.29, 0.717) is 6.04 Å². The van der Waals surface area contributed by atoms with Crippen LogP contribution in [0.1, 0.15) is 57.8 Å². The number of nitrogens with zero attached hydrogens (tertiary/aromatic N) is 4. The molecule has 2 atom stereocenters. The van der Waals surface area contributed by atoms with Crippen LogP contribution in [0, 0.1) is 5.92 Å². The van der Waals surface area contributed by atoms with Crippen LogP contribution < -0.4 is 10.2 Å². The molecule has 148 valence electrons. The molecular weight excluding hydrogens is 334 g/mol. The lowest BCUT2D eigenvalue weighted by atomic mass is 9.94. The number of hydrogen-bond donors (Lipinski definition) is 1. The van der Waals surface area contributed by atoms with Gasteiger partial charge in [0.25, 0.3) is 0 Å². The van der Waals surface area contributed by atoms with Gasteiger partial charge in [0.05, 0.1) is 0 Å². The fourth-order valence-electron chi connectivity index (χ4n) is 4.84. The summed E-state index contributed by atoms with van der Waals surface area (Å²) in [6.45, 7) is 5.73. The first kappa shape index (κ1) is 18.7. The fraction of sp³-hybridized carbons (Fsp3) is 0.727. The molecular formula is C22H35N5. The highest BCUT2D eigenvalue weighted by atomic mass is 15.2. The molecule has 2 fully saturated rings. The second kappa shape index (κ2) is 9.54. The molecule has 1 aliphatic carbocycles. The van der Waals surface area contributed by atoms with Gasteiger partial charge in [0, 0.05) is 38.4 Å². The predicted molar refractivity (Wildman–Crippen MR) is 112 cm³/mol. The van der Waals surface area contributed by atoms with Crippen molar-refractivity contribution in [1.82, 2.24) is 14.9 Å². The van der Waals surface area contributed by atoms with Crippen molar-refractivity contribution in [1.29, 1.82) is 0 Å². The molecule has 1 aromatic rings. The summed E-state index contributed by atoms with van der Waals surface area (Å²) >= 11 is 0. The van der Waals surface area contributed by atoms with Crippen LogP contribution in [0.25, 0.3) is 0 Å². The van der Waals surface area contributed by atoms with Crippen LogP contribution in [0.4, 0.5) is 11.8 Å². The van der Waals surface area contributed by atoms with Crippen molar-refractivity contribution in [2.75, 3.05) is 42.9 Å². The lowest BCUT2D eigenvalue weighted by Gasteiger charge is -2.29. The summed E-state index contributed by atoms with van der Waals surface area (Å²) in [4.78, 5) is 14.4. The minimum absolute atomic E-state index is 0.626. The zero-order chi connectivity index (χ0) is 18.3. The van der Waals surface area contributed by atoms with Crippen molar-refractivity contribution in [2.24, 2.45) is 5.92 Å². The van der Waals surface area contributed by atoms with E-state index in [1.54, 1.807) is 0 Å². The van der Waals surface area contributed by atoms with E-state index in [0.717, 1.165) is 37.3 Å². The molecule has 27 heavy (non-hydrogen) atoms. The first-order valence-electron chi connectivity index (χ1n) is 11.1. The molecule has 4 rings (SSSR count). The second-order valence-electron chi connectivity index (χ2n) is 8.46. The van der Waals surface area contributed by atoms with Gasteiger partial charge in [-0.2, -0.15) is 4.98 Å². The Bertz CT molecular complexity index is 608. The molecule has 1 N–H and O–H groups in total. The Labute approximate surface area is 164 Å². The number of anilines is 2. The van der Waals surface area contributed by atoms with Crippen LogP contribution in [0.15, 0.2) is 24.4 Å². The van der Waals surface area contributed by atoms with Crippen LogP contribution in [-0.4, -0.2) is 53.6 Å². The van der Waals surface area contributed by atoms with Gasteiger partial charge in [-0.25, -0.2) is 4.98 Å². The minimum atomic E-state index is 0.626. The molecule has 0 saturated carbocycles. The zero-order valence-corrected chi connectivity index (χ0v) is 16.7. The van der Waals surface area contributed by atoms with Gasteiger partial charge in [0.15, 0.2) is 0 Å². The smallest absolute Gasteiger partial charge is 0.224 e. The molecule has 0 radical (unpaired) electrons. The van der Waals surface area contributed by atoms with Crippen LogP contribution in [0.3, 0.4) is 0 Å². The first-order valence-corrected chi connectivity index (χ1v) is 11.1. The summed E-state index contributed by atoms with van der Waals surface area (Å²) in [5, 5.41) is 3.54. The van der Waals surface area contributed by atoms with E-state index in [1.807, 2.05) is 6.20 Å². The maximum Gasteiger partial charge on any atom is 0.224 e. The maximum absolute atomic E-state index is 4.82. The van der Waals surface area contributed by atoms with Crippen molar-refractivity contribution >= 4 is 11.8 Å². The number of nitrogens with one attached hydrogen (secondary N) is 1. The molecule has 2 unspecified atom stereocenters. The van der Waals surface area contributed by atoms with Crippen LogP contribution in [0.2, 0.25) is 0 Å². The molecule has 2 aliphatic heterocycles. The summed E-state index contributed by atoms with van der Waals surface area (Å²) in [7, 11) is 0. The summed E-state index contributed by atoms with van der Waals surface area (Å²) in [5.74, 6) is 2.73. The van der Waals surface area contributed by atoms with Gasteiger partial charge in [0.1, 0.15) is 5.82 Å². The monoisotopic (exact) mass is 369 g/mol. The van der Waals surface area contributed by atoms with E-state index in [2.05, 4.69) is 38.3 Å². The summed E-state index contributed by atoms with van der Waals surface area (Å²) in [6, 6.07) is 2.69. The third kappa shape index (κ3) is 5.22. The third-order valence-corrected chi connectivity index (χ3v) is 6.44. The number of hydrogen-bond acceptors (Lipinski definition) is 5. The van der Waals surface area contributed by atoms with Gasteiger partial charge >= 0.3 is 0 Å². The van der Waals surface area contributed by atoms with Gasteiger partial charge in [-0.3, -0.25) is 4.90 Å². The SMILES string of the molecule is C1=CCC(CN2CCCC2CNc2nccc(N3CCCCCC3)n2)CC1. The van der Waals surface area contributed by atoms with E-state index >= 15 is 0 Å². The molecule has 2 saturated heterocycles. The largest absolute Gasteiger partial charge is 0.356 e. The Morgan fingerprint density at radius 3 is 2.70 bits per heavy atom. The number of aromatic nitrogens is 2. The zero-order valence-electron chi connectivity index (χ0n) is 16.7. The molecule has 0 bridgehead atoms. The van der Waals surface area contributed by atoms with Crippen molar-refractivity contribution in [3.8, 4) is 0 Å². The molecule has 3 heterocycles. The number of likely N-dealkylation sites (tertiary alicyclic amines) is 1. The number of allylic oxidation sites excluding steroid dienone is 2. The van der Waals surface area contributed by atoms with Crippen molar-refractivity contribution in [2.45, 2.75) is 63.8 Å². The van der Waals surface area contributed by atoms with Gasteiger partial charge in [-0.1, -0.05) is 25.0 Å². The quantitative estimate of drug-likeness (QED) is 0.765. The second-order valence-corrected chi connectivity index (χ2v) is 8.46. The van der Waals surface area contributed by atoms with Crippen LogP contribution in [0.5, 0.6) is 0 Å². The average Bonchev–Trinajstić information content (AvgIpc) is 2.97. The van der Waals surface area contributed by atoms with E-state index in [4.69, 9.17) is 4.98 Å². The fourth-order valence-corrected chi connectivity index (χ4v) is 4.84. The highest BCUT2D eigenvalue weighted by molar-refractivity contribution is 5.42. The first-order chi connectivity index (χ1) is 13.4. The van der Waals surface area contributed by atoms with Gasteiger partial charge in [-0.15, -0.1) is 0 Å². The molecule has 3 aliphatic rings. The highest BCUT2D eigenvalue weighted by Gasteiger charge is 2.27. The maximum atomic E-state index is 4.82. The lowest BCUT2D eigenvalue weighted by Crippen LogP contribution is -2.38. The van der Waals surface area contributed by atoms with E-state index < -0.39 is 0 Å². The van der Waals surface area contributed by atoms with Gasteiger partial charge in [0.2, 0.25) is 5.95 Å². The summed E-state index contributed by atoms with van der Waals surface area (Å²) < 4.78 is 0. The normalized spacial score (nSPS) is 26.9. The summed E-state index contributed by atoms with van der Waals surface area (Å²) in [6.07, 6.45) is 18.4. The Morgan fingerprint density at radius 2 is 1.89 bits per heavy atom. The standard InChI is InChI=1S/C22H35N5/c1-2-7-15-26(14-6-1)21-12-13-23-22(25-21)24-17-20-11-8-16-27(20)18-19-9-4-3-5-10-19/h3-4,12-13,19-20H,1-2,5-11,14-18H2,(H,23,24,25). The summed E-state index contributed by atoms with van der Waals surface area (Å²) in [5.41, 5.74) is 0. The van der Waals surface area contributed by atoms with Crippen molar-refractivity contribution < 1.29 is 0 Å². The van der Waals surface area contributed by atoms with E-state index in [1.165, 1.54) is 70.9 Å². The number of rotatable bonds is 6. The molecule has 1 aromatic heterocycles. The van der Waals surface area contributed by atoms with Crippen LogP contribution >= 0.6 is 0 Å². The van der Waals surface area contributed by atoms with E-state index in [9.17, 15) is 0 Å². The minimum Gasteiger partial charge on any atom is -0.356 e. The Balaban J connectivity index is 1.31. The Hall–Kier alpha value is -1.62.